The Balaban J connectivity index is 2.59. The molecule has 2 N–H and O–H groups in total. The quantitative estimate of drug-likeness (QED) is 0.808. The SMILES string of the molecule is CCC(CC)CNC(=O)c1ccc(C(=O)O)nc1. The molecule has 0 fully saturated rings. The van der Waals surface area contributed by atoms with Crippen LogP contribution < -0.4 is 5.32 Å². The average molecular weight is 250 g/mol. The van der Waals surface area contributed by atoms with E-state index in [1.807, 2.05) is 0 Å². The molecule has 18 heavy (non-hydrogen) atoms. The minimum atomic E-state index is -1.10. The van der Waals surface area contributed by atoms with Crippen molar-refractivity contribution in [1.29, 1.82) is 0 Å². The minimum absolute atomic E-state index is 0.0634. The smallest absolute Gasteiger partial charge is 0.354 e. The molecule has 0 saturated heterocycles. The second-order valence-electron chi connectivity index (χ2n) is 4.13. The number of carbonyl (C=O) groups is 2. The van der Waals surface area contributed by atoms with Crippen LogP contribution in [0.3, 0.4) is 0 Å². The summed E-state index contributed by atoms with van der Waals surface area (Å²) in [6.45, 7) is 4.81. The summed E-state index contributed by atoms with van der Waals surface area (Å²) in [5.74, 6) is -0.842. The molecule has 0 saturated carbocycles. The Morgan fingerprint density at radius 3 is 2.44 bits per heavy atom. The van der Waals surface area contributed by atoms with E-state index in [0.29, 0.717) is 18.0 Å². The van der Waals surface area contributed by atoms with Crippen LogP contribution in [0.1, 0.15) is 47.5 Å². The van der Waals surface area contributed by atoms with Crippen LogP contribution in [0.15, 0.2) is 18.3 Å². The van der Waals surface area contributed by atoms with E-state index in [9.17, 15) is 9.59 Å². The Kier molecular flexibility index (Phi) is 5.30. The van der Waals surface area contributed by atoms with Crippen LogP contribution in [0.25, 0.3) is 0 Å². The molecular weight excluding hydrogens is 232 g/mol. The molecule has 0 spiro atoms. The summed E-state index contributed by atoms with van der Waals surface area (Å²) in [5.41, 5.74) is 0.317. The molecule has 5 heteroatoms. The lowest BCUT2D eigenvalue weighted by atomic mass is 10.0. The zero-order valence-corrected chi connectivity index (χ0v) is 10.6. The number of carboxylic acid groups (broad SMARTS) is 1. The highest BCUT2D eigenvalue weighted by Gasteiger charge is 2.10. The van der Waals surface area contributed by atoms with Crippen LogP contribution >= 0.6 is 0 Å². The van der Waals surface area contributed by atoms with Crippen LogP contribution in [-0.2, 0) is 0 Å². The molecule has 98 valence electrons. The predicted octanol–water partition coefficient (Wildman–Crippen LogP) is 1.95. The van der Waals surface area contributed by atoms with Crippen molar-refractivity contribution in [1.82, 2.24) is 10.3 Å². The average Bonchev–Trinajstić information content (AvgIpc) is 2.39. The summed E-state index contributed by atoms with van der Waals surface area (Å²) in [5, 5.41) is 11.5. The van der Waals surface area contributed by atoms with Crippen LogP contribution in [0.2, 0.25) is 0 Å². The highest BCUT2D eigenvalue weighted by molar-refractivity contribution is 5.94. The van der Waals surface area contributed by atoms with Gasteiger partial charge >= 0.3 is 5.97 Å². The fourth-order valence-electron chi connectivity index (χ4n) is 1.57. The molecule has 0 unspecified atom stereocenters. The number of pyridine rings is 1. The van der Waals surface area contributed by atoms with Crippen molar-refractivity contribution in [2.75, 3.05) is 6.54 Å². The molecule has 1 heterocycles. The molecule has 0 aliphatic heterocycles. The maximum atomic E-state index is 11.8. The third-order valence-corrected chi connectivity index (χ3v) is 2.95. The largest absolute Gasteiger partial charge is 0.477 e. The van der Waals surface area contributed by atoms with Gasteiger partial charge in [-0.25, -0.2) is 9.78 Å². The number of rotatable bonds is 6. The molecule has 1 rings (SSSR count). The summed E-state index contributed by atoms with van der Waals surface area (Å²) in [7, 11) is 0. The lowest BCUT2D eigenvalue weighted by molar-refractivity contribution is 0.0689. The topological polar surface area (TPSA) is 79.3 Å². The second kappa shape index (κ2) is 6.74. The molecule has 5 nitrogen and oxygen atoms in total. The first-order valence-electron chi connectivity index (χ1n) is 6.06. The van der Waals surface area contributed by atoms with Gasteiger partial charge in [0.05, 0.1) is 5.56 Å². The van der Waals surface area contributed by atoms with Gasteiger partial charge in [0.2, 0.25) is 0 Å². The van der Waals surface area contributed by atoms with Crippen molar-refractivity contribution in [3.8, 4) is 0 Å². The van der Waals surface area contributed by atoms with Gasteiger partial charge in [0.25, 0.3) is 5.91 Å². The van der Waals surface area contributed by atoms with E-state index >= 15 is 0 Å². The van der Waals surface area contributed by atoms with Gasteiger partial charge in [-0.15, -0.1) is 0 Å². The standard InChI is InChI=1S/C13H18N2O3/c1-3-9(4-2)7-15-12(16)10-5-6-11(13(17)18)14-8-10/h5-6,8-9H,3-4,7H2,1-2H3,(H,15,16)(H,17,18). The molecule has 0 atom stereocenters. The fraction of sp³-hybridized carbons (Fsp3) is 0.462. The van der Waals surface area contributed by atoms with Crippen molar-refractivity contribution in [3.05, 3.63) is 29.6 Å². The molecule has 1 aromatic rings. The Bertz CT molecular complexity index is 411. The number of nitrogens with one attached hydrogen (secondary N) is 1. The number of carbonyl (C=O) groups excluding carboxylic acids is 1. The lowest BCUT2D eigenvalue weighted by Gasteiger charge is -2.13. The van der Waals surface area contributed by atoms with Gasteiger partial charge in [-0.1, -0.05) is 26.7 Å². The molecular formula is C13H18N2O3. The van der Waals surface area contributed by atoms with E-state index < -0.39 is 5.97 Å². The minimum Gasteiger partial charge on any atom is -0.477 e. The van der Waals surface area contributed by atoms with E-state index in [0.717, 1.165) is 12.8 Å². The summed E-state index contributed by atoms with van der Waals surface area (Å²) in [4.78, 5) is 26.1. The maximum Gasteiger partial charge on any atom is 0.354 e. The number of hydrogen-bond acceptors (Lipinski definition) is 3. The molecule has 0 aromatic carbocycles. The molecule has 0 aliphatic rings. The van der Waals surface area contributed by atoms with Crippen molar-refractivity contribution in [2.45, 2.75) is 26.7 Å². The van der Waals surface area contributed by atoms with Gasteiger partial charge in [0.15, 0.2) is 0 Å². The van der Waals surface area contributed by atoms with E-state index in [1.54, 1.807) is 0 Å². The van der Waals surface area contributed by atoms with Gasteiger partial charge in [-0.3, -0.25) is 4.79 Å². The van der Waals surface area contributed by atoms with E-state index in [-0.39, 0.29) is 11.6 Å². The van der Waals surface area contributed by atoms with E-state index in [4.69, 9.17) is 5.11 Å². The van der Waals surface area contributed by atoms with Gasteiger partial charge in [0, 0.05) is 12.7 Å². The Labute approximate surface area is 106 Å². The van der Waals surface area contributed by atoms with Gasteiger partial charge < -0.3 is 10.4 Å². The molecule has 0 aliphatic carbocycles. The number of nitrogens with zero attached hydrogens (tertiary/aromatic N) is 1. The first kappa shape index (κ1) is 14.2. The second-order valence-corrected chi connectivity index (χ2v) is 4.13. The van der Waals surface area contributed by atoms with Gasteiger partial charge in [0.1, 0.15) is 5.69 Å². The monoisotopic (exact) mass is 250 g/mol. The normalized spacial score (nSPS) is 10.4. The van der Waals surface area contributed by atoms with Crippen molar-refractivity contribution < 1.29 is 14.7 Å². The zero-order valence-electron chi connectivity index (χ0n) is 10.6. The van der Waals surface area contributed by atoms with E-state index in [1.165, 1.54) is 18.3 Å². The third-order valence-electron chi connectivity index (χ3n) is 2.95. The first-order chi connectivity index (χ1) is 8.58. The van der Waals surface area contributed by atoms with Crippen LogP contribution in [0.4, 0.5) is 0 Å². The van der Waals surface area contributed by atoms with Crippen molar-refractivity contribution in [2.24, 2.45) is 5.92 Å². The van der Waals surface area contributed by atoms with E-state index in [2.05, 4.69) is 24.1 Å². The summed E-state index contributed by atoms with van der Waals surface area (Å²) < 4.78 is 0. The van der Waals surface area contributed by atoms with Crippen LogP contribution in [0, 0.1) is 5.92 Å². The van der Waals surface area contributed by atoms with Crippen LogP contribution in [-0.4, -0.2) is 28.5 Å². The lowest BCUT2D eigenvalue weighted by Crippen LogP contribution is -2.29. The molecule has 1 amide bonds. The Morgan fingerprint density at radius 2 is 2.00 bits per heavy atom. The summed E-state index contributed by atoms with van der Waals surface area (Å²) >= 11 is 0. The zero-order chi connectivity index (χ0) is 13.5. The number of hydrogen-bond donors (Lipinski definition) is 2. The third kappa shape index (κ3) is 3.84. The van der Waals surface area contributed by atoms with Crippen LogP contribution in [0.5, 0.6) is 0 Å². The van der Waals surface area contributed by atoms with Crippen molar-refractivity contribution in [3.63, 3.8) is 0 Å². The highest BCUT2D eigenvalue weighted by Crippen LogP contribution is 2.06. The molecule has 0 bridgehead atoms. The molecule has 0 radical (unpaired) electrons. The number of carboxylic acids is 1. The number of aromatic carboxylic acids is 1. The Morgan fingerprint density at radius 1 is 1.33 bits per heavy atom. The van der Waals surface area contributed by atoms with Gasteiger partial charge in [-0.2, -0.15) is 0 Å². The highest BCUT2D eigenvalue weighted by atomic mass is 16.4. The van der Waals surface area contributed by atoms with Gasteiger partial charge in [-0.05, 0) is 18.1 Å². The number of aromatic nitrogens is 1. The molecule has 1 aromatic heterocycles. The fourth-order valence-corrected chi connectivity index (χ4v) is 1.57. The summed E-state index contributed by atoms with van der Waals surface area (Å²) in [6, 6.07) is 2.80. The number of amides is 1. The van der Waals surface area contributed by atoms with Crippen molar-refractivity contribution >= 4 is 11.9 Å². The Hall–Kier alpha value is -1.91. The maximum absolute atomic E-state index is 11.8. The predicted molar refractivity (Wildman–Crippen MR) is 67.6 cm³/mol. The summed E-state index contributed by atoms with van der Waals surface area (Å²) in [6.07, 6.45) is 3.33. The first-order valence-corrected chi connectivity index (χ1v) is 6.06.